The molecule has 0 spiro atoms. The lowest BCUT2D eigenvalue weighted by molar-refractivity contribution is -0.127. The highest BCUT2D eigenvalue weighted by Gasteiger charge is 2.23. The number of aryl methyl sites for hydroxylation is 2. The Kier molecular flexibility index (Phi) is 4.50. The minimum absolute atomic E-state index is 0.0820. The molecule has 21 heavy (non-hydrogen) atoms. The van der Waals surface area contributed by atoms with Crippen LogP contribution >= 0.6 is 0 Å². The lowest BCUT2D eigenvalue weighted by Crippen LogP contribution is -2.42. The third-order valence-corrected chi connectivity index (χ3v) is 3.90. The SMILES string of the molecule is Cc1cc(C)c(C(=O)NC(C)CN2CCCC2=O)cc1N. The van der Waals surface area contributed by atoms with Gasteiger partial charge in [-0.2, -0.15) is 0 Å². The van der Waals surface area contributed by atoms with Crippen molar-refractivity contribution < 1.29 is 9.59 Å². The van der Waals surface area contributed by atoms with Crippen LogP contribution in [-0.4, -0.2) is 35.8 Å². The standard InChI is InChI=1S/C16H23N3O2/c1-10-7-11(2)14(17)8-13(10)16(21)18-12(3)9-19-6-4-5-15(19)20/h7-8,12H,4-6,9,17H2,1-3H3,(H,18,21). The summed E-state index contributed by atoms with van der Waals surface area (Å²) in [5.41, 5.74) is 8.97. The smallest absolute Gasteiger partial charge is 0.251 e. The summed E-state index contributed by atoms with van der Waals surface area (Å²) in [7, 11) is 0. The van der Waals surface area contributed by atoms with Crippen molar-refractivity contribution in [1.29, 1.82) is 0 Å². The number of amides is 2. The fraction of sp³-hybridized carbons (Fsp3) is 0.500. The zero-order valence-electron chi connectivity index (χ0n) is 12.9. The third kappa shape index (κ3) is 3.54. The van der Waals surface area contributed by atoms with Gasteiger partial charge in [0.1, 0.15) is 0 Å². The number of hydrogen-bond donors (Lipinski definition) is 2. The Morgan fingerprint density at radius 1 is 1.38 bits per heavy atom. The minimum Gasteiger partial charge on any atom is -0.398 e. The lowest BCUT2D eigenvalue weighted by Gasteiger charge is -2.22. The van der Waals surface area contributed by atoms with Crippen molar-refractivity contribution in [3.63, 3.8) is 0 Å². The van der Waals surface area contributed by atoms with Gasteiger partial charge in [0.05, 0.1) is 0 Å². The largest absolute Gasteiger partial charge is 0.398 e. The molecule has 1 unspecified atom stereocenters. The Bertz CT molecular complexity index is 569. The van der Waals surface area contributed by atoms with Crippen LogP contribution < -0.4 is 11.1 Å². The highest BCUT2D eigenvalue weighted by atomic mass is 16.2. The number of carbonyl (C=O) groups is 2. The normalized spacial score (nSPS) is 16.1. The first kappa shape index (κ1) is 15.4. The maximum Gasteiger partial charge on any atom is 0.251 e. The lowest BCUT2D eigenvalue weighted by atomic mass is 10.0. The van der Waals surface area contributed by atoms with Crippen LogP contribution in [0.1, 0.15) is 41.3 Å². The molecule has 1 aromatic carbocycles. The number of nitrogen functional groups attached to an aromatic ring is 1. The Hall–Kier alpha value is -2.04. The van der Waals surface area contributed by atoms with Crippen molar-refractivity contribution >= 4 is 17.5 Å². The molecule has 0 radical (unpaired) electrons. The topological polar surface area (TPSA) is 75.4 Å². The maximum atomic E-state index is 12.3. The Balaban J connectivity index is 2.00. The molecule has 0 bridgehead atoms. The molecular formula is C16H23N3O2. The summed E-state index contributed by atoms with van der Waals surface area (Å²) < 4.78 is 0. The molecule has 1 aliphatic rings. The van der Waals surface area contributed by atoms with E-state index in [9.17, 15) is 9.59 Å². The van der Waals surface area contributed by atoms with E-state index >= 15 is 0 Å². The molecule has 0 aliphatic carbocycles. The van der Waals surface area contributed by atoms with Gasteiger partial charge in [-0.3, -0.25) is 9.59 Å². The molecule has 1 atom stereocenters. The number of nitrogens with two attached hydrogens (primary N) is 1. The molecule has 1 heterocycles. The fourth-order valence-electron chi connectivity index (χ4n) is 2.69. The van der Waals surface area contributed by atoms with Crippen molar-refractivity contribution in [2.24, 2.45) is 0 Å². The molecule has 2 amide bonds. The van der Waals surface area contributed by atoms with E-state index in [2.05, 4.69) is 5.32 Å². The summed E-state index contributed by atoms with van der Waals surface area (Å²) in [4.78, 5) is 25.7. The van der Waals surface area contributed by atoms with Gasteiger partial charge in [-0.25, -0.2) is 0 Å². The fourth-order valence-corrected chi connectivity index (χ4v) is 2.69. The van der Waals surface area contributed by atoms with Crippen molar-refractivity contribution in [3.05, 3.63) is 28.8 Å². The van der Waals surface area contributed by atoms with Crippen LogP contribution in [0.2, 0.25) is 0 Å². The van der Waals surface area contributed by atoms with Crippen LogP contribution in [0.15, 0.2) is 12.1 Å². The maximum absolute atomic E-state index is 12.3. The number of benzene rings is 1. The predicted molar refractivity (Wildman–Crippen MR) is 83.1 cm³/mol. The molecule has 0 saturated carbocycles. The molecule has 1 fully saturated rings. The van der Waals surface area contributed by atoms with Gasteiger partial charge in [0.25, 0.3) is 5.91 Å². The van der Waals surface area contributed by atoms with Crippen molar-refractivity contribution in [2.75, 3.05) is 18.8 Å². The predicted octanol–water partition coefficient (Wildman–Crippen LogP) is 1.63. The monoisotopic (exact) mass is 289 g/mol. The van der Waals surface area contributed by atoms with Crippen LogP contribution in [0.25, 0.3) is 0 Å². The van der Waals surface area contributed by atoms with E-state index in [-0.39, 0.29) is 17.9 Å². The molecular weight excluding hydrogens is 266 g/mol. The molecule has 1 aliphatic heterocycles. The third-order valence-electron chi connectivity index (χ3n) is 3.90. The van der Waals surface area contributed by atoms with Gasteiger partial charge in [-0.05, 0) is 44.4 Å². The highest BCUT2D eigenvalue weighted by Crippen LogP contribution is 2.18. The van der Waals surface area contributed by atoms with E-state index in [4.69, 9.17) is 5.73 Å². The van der Waals surface area contributed by atoms with Crippen LogP contribution in [0, 0.1) is 13.8 Å². The second-order valence-electron chi connectivity index (χ2n) is 5.84. The van der Waals surface area contributed by atoms with Crippen LogP contribution in [0.5, 0.6) is 0 Å². The number of carbonyl (C=O) groups excluding carboxylic acids is 2. The Morgan fingerprint density at radius 2 is 2.10 bits per heavy atom. The number of nitrogens with zero attached hydrogens (tertiary/aromatic N) is 1. The highest BCUT2D eigenvalue weighted by molar-refractivity contribution is 5.97. The first-order chi connectivity index (χ1) is 9.88. The molecule has 2 rings (SSSR count). The van der Waals surface area contributed by atoms with E-state index in [0.29, 0.717) is 24.2 Å². The van der Waals surface area contributed by atoms with E-state index in [1.165, 1.54) is 0 Å². The average Bonchev–Trinajstić information content (AvgIpc) is 2.79. The first-order valence-corrected chi connectivity index (χ1v) is 7.34. The average molecular weight is 289 g/mol. The summed E-state index contributed by atoms with van der Waals surface area (Å²) in [6.07, 6.45) is 1.53. The summed E-state index contributed by atoms with van der Waals surface area (Å²) in [6.45, 7) is 7.08. The van der Waals surface area contributed by atoms with E-state index < -0.39 is 0 Å². The van der Waals surface area contributed by atoms with Gasteiger partial charge in [-0.15, -0.1) is 0 Å². The number of nitrogens with one attached hydrogen (secondary N) is 1. The Morgan fingerprint density at radius 3 is 2.71 bits per heavy atom. The van der Waals surface area contributed by atoms with Gasteiger partial charge in [-0.1, -0.05) is 6.07 Å². The molecule has 1 saturated heterocycles. The van der Waals surface area contributed by atoms with E-state index in [1.54, 1.807) is 11.0 Å². The van der Waals surface area contributed by atoms with Crippen molar-refractivity contribution in [2.45, 2.75) is 39.7 Å². The number of likely N-dealkylation sites (tertiary alicyclic amines) is 1. The van der Waals surface area contributed by atoms with E-state index in [0.717, 1.165) is 24.1 Å². The minimum atomic E-state index is -0.140. The molecule has 1 aromatic rings. The van der Waals surface area contributed by atoms with Gasteiger partial charge in [0, 0.05) is 36.8 Å². The molecule has 5 nitrogen and oxygen atoms in total. The molecule has 0 aromatic heterocycles. The van der Waals surface area contributed by atoms with Crippen molar-refractivity contribution in [1.82, 2.24) is 10.2 Å². The second kappa shape index (κ2) is 6.16. The number of rotatable bonds is 4. The summed E-state index contributed by atoms with van der Waals surface area (Å²) >= 11 is 0. The first-order valence-electron chi connectivity index (χ1n) is 7.34. The number of anilines is 1. The second-order valence-corrected chi connectivity index (χ2v) is 5.84. The molecule has 3 N–H and O–H groups in total. The van der Waals surface area contributed by atoms with Crippen LogP contribution in [0.4, 0.5) is 5.69 Å². The summed E-state index contributed by atoms with van der Waals surface area (Å²) in [5.74, 6) is 0.0326. The van der Waals surface area contributed by atoms with Crippen LogP contribution in [0.3, 0.4) is 0 Å². The van der Waals surface area contributed by atoms with Gasteiger partial charge < -0.3 is 16.0 Å². The molecule has 5 heteroatoms. The van der Waals surface area contributed by atoms with Gasteiger partial charge >= 0.3 is 0 Å². The summed E-state index contributed by atoms with van der Waals surface area (Å²) in [5, 5.41) is 2.94. The number of hydrogen-bond acceptors (Lipinski definition) is 3. The van der Waals surface area contributed by atoms with E-state index in [1.807, 2.05) is 26.8 Å². The van der Waals surface area contributed by atoms with Crippen molar-refractivity contribution in [3.8, 4) is 0 Å². The summed E-state index contributed by atoms with van der Waals surface area (Å²) in [6, 6.07) is 3.55. The zero-order valence-corrected chi connectivity index (χ0v) is 12.9. The Labute approximate surface area is 125 Å². The van der Waals surface area contributed by atoms with Gasteiger partial charge in [0.2, 0.25) is 5.91 Å². The quantitative estimate of drug-likeness (QED) is 0.827. The van der Waals surface area contributed by atoms with Crippen LogP contribution in [-0.2, 0) is 4.79 Å². The van der Waals surface area contributed by atoms with Gasteiger partial charge in [0.15, 0.2) is 0 Å². The molecule has 114 valence electrons. The zero-order chi connectivity index (χ0) is 15.6.